The number of halogens is 3. The van der Waals surface area contributed by atoms with Crippen LogP contribution in [0.1, 0.15) is 58.6 Å². The van der Waals surface area contributed by atoms with E-state index in [1.165, 1.54) is 29.4 Å². The second-order valence-electron chi connectivity index (χ2n) is 14.0. The molecule has 6 atom stereocenters. The Morgan fingerprint density at radius 1 is 1.07 bits per heavy atom. The average molecular weight is 609 g/mol. The number of aryl methyl sites for hydroxylation is 2. The molecule has 4 aliphatic rings. The van der Waals surface area contributed by atoms with Crippen molar-refractivity contribution in [1.29, 1.82) is 5.41 Å². The molecule has 236 valence electrons. The Bertz CT molecular complexity index is 1590. The van der Waals surface area contributed by atoms with E-state index in [4.69, 9.17) is 0 Å². The molecule has 3 aromatic rings. The number of benzene rings is 2. The fourth-order valence-electron chi connectivity index (χ4n) is 8.15. The Hall–Kier alpha value is -3.40. The van der Waals surface area contributed by atoms with Gasteiger partial charge in [0.2, 0.25) is 0 Å². The van der Waals surface area contributed by atoms with Crippen molar-refractivity contribution in [3.63, 3.8) is 0 Å². The van der Waals surface area contributed by atoms with Gasteiger partial charge in [0, 0.05) is 43.4 Å². The molecule has 0 spiro atoms. The van der Waals surface area contributed by atoms with Gasteiger partial charge in [-0.2, -0.15) is 13.2 Å². The van der Waals surface area contributed by atoms with Crippen molar-refractivity contribution < 1.29 is 13.2 Å². The number of piperazine rings is 1. The summed E-state index contributed by atoms with van der Waals surface area (Å²) in [7, 11) is 0. The lowest BCUT2D eigenvalue weighted by atomic mass is 9.44. The summed E-state index contributed by atoms with van der Waals surface area (Å²) in [4.78, 5) is 22.5. The number of fused-ring (bicyclic) bond motifs is 3. The van der Waals surface area contributed by atoms with Crippen LogP contribution in [0.2, 0.25) is 0 Å². The second-order valence-corrected chi connectivity index (χ2v) is 14.0. The van der Waals surface area contributed by atoms with Crippen LogP contribution in [0, 0.1) is 28.6 Å². The summed E-state index contributed by atoms with van der Waals surface area (Å²) < 4.78 is 40.3. The van der Waals surface area contributed by atoms with Gasteiger partial charge in [0.1, 0.15) is 0 Å². The number of aromatic nitrogens is 2. The standard InChI is InChI=1S/C34H43F3N6O/c1-20-17-42(18-21(2)40-20)32(38)43(30-15-25-14-28(22(30)3)33(25,4)5)26-10-11-27-29(16-26)39-19-41(31(27)44)13-12-23-6-8-24(9-7-23)34(35,36)37/h6-11,16,19-22,25,28,30,38,40H,12-15,17-18H2,1-5H3/t20-,21+,22-,25-,28+,30-/m0/s1. The van der Waals surface area contributed by atoms with Gasteiger partial charge < -0.3 is 15.1 Å². The first-order valence-corrected chi connectivity index (χ1v) is 15.8. The monoisotopic (exact) mass is 608 g/mol. The zero-order valence-corrected chi connectivity index (χ0v) is 26.2. The second kappa shape index (κ2) is 11.2. The number of alkyl halides is 3. The molecule has 10 heteroatoms. The van der Waals surface area contributed by atoms with Crippen LogP contribution < -0.4 is 15.8 Å². The third kappa shape index (κ3) is 5.50. The molecule has 1 aromatic heterocycles. The van der Waals surface area contributed by atoms with Crippen molar-refractivity contribution in [3.8, 4) is 0 Å². The van der Waals surface area contributed by atoms with Crippen LogP contribution in [0.3, 0.4) is 0 Å². The van der Waals surface area contributed by atoms with E-state index in [-0.39, 0.29) is 23.7 Å². The molecule has 2 heterocycles. The molecule has 4 fully saturated rings. The van der Waals surface area contributed by atoms with Gasteiger partial charge >= 0.3 is 6.18 Å². The first-order valence-electron chi connectivity index (χ1n) is 15.8. The molecule has 7 nitrogen and oxygen atoms in total. The Balaban J connectivity index is 1.28. The van der Waals surface area contributed by atoms with E-state index in [2.05, 4.69) is 54.7 Å². The molecule has 2 N–H and O–H groups in total. The molecule has 44 heavy (non-hydrogen) atoms. The average Bonchev–Trinajstić information content (AvgIpc) is 2.96. The van der Waals surface area contributed by atoms with Gasteiger partial charge in [-0.1, -0.05) is 32.9 Å². The highest BCUT2D eigenvalue weighted by Crippen LogP contribution is 2.62. The van der Waals surface area contributed by atoms with E-state index < -0.39 is 11.7 Å². The van der Waals surface area contributed by atoms with Gasteiger partial charge in [-0.05, 0) is 92.2 Å². The highest BCUT2D eigenvalue weighted by molar-refractivity contribution is 5.96. The summed E-state index contributed by atoms with van der Waals surface area (Å²) >= 11 is 0. The zero-order valence-electron chi connectivity index (χ0n) is 26.2. The van der Waals surface area contributed by atoms with E-state index >= 15 is 0 Å². The van der Waals surface area contributed by atoms with Gasteiger partial charge in [0.25, 0.3) is 5.56 Å². The summed E-state index contributed by atoms with van der Waals surface area (Å²) in [5, 5.41) is 13.6. The quantitative estimate of drug-likeness (QED) is 0.268. The molecule has 0 radical (unpaired) electrons. The molecular weight excluding hydrogens is 565 g/mol. The van der Waals surface area contributed by atoms with Crippen molar-refractivity contribution in [2.75, 3.05) is 18.0 Å². The summed E-state index contributed by atoms with van der Waals surface area (Å²) in [6.07, 6.45) is -0.165. The van der Waals surface area contributed by atoms with Gasteiger partial charge in [-0.15, -0.1) is 0 Å². The number of rotatable bonds is 5. The maximum Gasteiger partial charge on any atom is 0.416 e. The van der Waals surface area contributed by atoms with Crippen LogP contribution >= 0.6 is 0 Å². The fraction of sp³-hybridized carbons (Fsp3) is 0.559. The highest BCUT2D eigenvalue weighted by atomic mass is 19.4. The largest absolute Gasteiger partial charge is 0.416 e. The highest BCUT2D eigenvalue weighted by Gasteiger charge is 2.57. The number of nitrogens with one attached hydrogen (secondary N) is 2. The Labute approximate surface area is 257 Å². The van der Waals surface area contributed by atoms with E-state index in [1.807, 2.05) is 18.2 Å². The third-order valence-electron chi connectivity index (χ3n) is 10.7. The van der Waals surface area contributed by atoms with E-state index in [1.54, 1.807) is 0 Å². The molecule has 1 aliphatic heterocycles. The van der Waals surface area contributed by atoms with Crippen molar-refractivity contribution in [3.05, 3.63) is 70.3 Å². The van der Waals surface area contributed by atoms with Crippen molar-refractivity contribution in [2.24, 2.45) is 23.2 Å². The fourth-order valence-corrected chi connectivity index (χ4v) is 8.15. The molecule has 0 unspecified atom stereocenters. The lowest BCUT2D eigenvalue weighted by molar-refractivity contribution is -0.137. The minimum Gasteiger partial charge on any atom is -0.340 e. The van der Waals surface area contributed by atoms with Crippen molar-refractivity contribution in [2.45, 2.75) is 84.7 Å². The SMILES string of the molecule is C[C@H]1[C@H]2C[C@@H](C[C@@H]1N(C(=N)N1C[C@@H](C)N[C@@H](C)C1)c1ccc3c(=O)n(CCc4ccc(C(F)(F)F)cc4)cnc3c1)C2(C)C. The molecule has 0 amide bonds. The van der Waals surface area contributed by atoms with Crippen LogP contribution in [0.25, 0.3) is 10.9 Å². The Kier molecular flexibility index (Phi) is 7.79. The minimum absolute atomic E-state index is 0.182. The molecule has 2 aromatic carbocycles. The Morgan fingerprint density at radius 2 is 1.75 bits per heavy atom. The normalized spacial score (nSPS) is 28.0. The zero-order chi connectivity index (χ0) is 31.6. The molecule has 3 aliphatic carbocycles. The predicted molar refractivity (Wildman–Crippen MR) is 168 cm³/mol. The van der Waals surface area contributed by atoms with Crippen LogP contribution in [0.5, 0.6) is 0 Å². The van der Waals surface area contributed by atoms with Crippen LogP contribution in [0.15, 0.2) is 53.6 Å². The summed E-state index contributed by atoms with van der Waals surface area (Å²) in [6, 6.07) is 11.5. The molecule has 1 saturated heterocycles. The van der Waals surface area contributed by atoms with Crippen molar-refractivity contribution >= 4 is 22.5 Å². The number of anilines is 1. The van der Waals surface area contributed by atoms with Gasteiger partial charge in [-0.25, -0.2) is 4.98 Å². The lowest BCUT2D eigenvalue weighted by Gasteiger charge is -2.63. The Morgan fingerprint density at radius 3 is 2.36 bits per heavy atom. The van der Waals surface area contributed by atoms with E-state index in [0.29, 0.717) is 58.6 Å². The maximum atomic E-state index is 13.4. The first kappa shape index (κ1) is 30.6. The number of nitrogens with zero attached hydrogens (tertiary/aromatic N) is 4. The van der Waals surface area contributed by atoms with Gasteiger partial charge in [0.15, 0.2) is 5.96 Å². The van der Waals surface area contributed by atoms with Crippen molar-refractivity contribution in [1.82, 2.24) is 19.8 Å². The third-order valence-corrected chi connectivity index (χ3v) is 10.7. The molecular formula is C34H43F3N6O. The molecule has 7 rings (SSSR count). The summed E-state index contributed by atoms with van der Waals surface area (Å²) in [5.41, 5.74) is 1.62. The minimum atomic E-state index is -4.38. The molecule has 3 saturated carbocycles. The molecule has 2 bridgehead atoms. The topological polar surface area (TPSA) is 77.3 Å². The predicted octanol–water partition coefficient (Wildman–Crippen LogP) is 6.15. The summed E-state index contributed by atoms with van der Waals surface area (Å²) in [5.74, 6) is 2.15. The van der Waals surface area contributed by atoms with E-state index in [0.717, 1.165) is 37.3 Å². The number of hydrogen-bond donors (Lipinski definition) is 2. The van der Waals surface area contributed by atoms with Crippen LogP contribution in [-0.2, 0) is 19.1 Å². The van der Waals surface area contributed by atoms with Gasteiger partial charge in [0.05, 0.1) is 22.8 Å². The maximum absolute atomic E-state index is 13.4. The van der Waals surface area contributed by atoms with Gasteiger partial charge in [-0.3, -0.25) is 14.8 Å². The van der Waals surface area contributed by atoms with Crippen LogP contribution in [-0.4, -0.2) is 51.6 Å². The lowest BCUT2D eigenvalue weighted by Crippen LogP contribution is -2.65. The van der Waals surface area contributed by atoms with Crippen LogP contribution in [0.4, 0.5) is 18.9 Å². The number of guanidine groups is 1. The van der Waals surface area contributed by atoms with E-state index in [9.17, 15) is 23.4 Å². The number of hydrogen-bond acceptors (Lipinski definition) is 4. The first-order chi connectivity index (χ1) is 20.7. The summed E-state index contributed by atoms with van der Waals surface area (Å²) in [6.45, 7) is 13.2. The smallest absolute Gasteiger partial charge is 0.340 e.